The third-order valence-corrected chi connectivity index (χ3v) is 2.31. The SMILES string of the molecule is NN.Nc1nn(I)c2ccccc12.O. The van der Waals surface area contributed by atoms with E-state index in [1.807, 2.05) is 24.3 Å². The first-order valence-corrected chi connectivity index (χ1v) is 4.48. The molecular weight excluding hydrogens is 297 g/mol. The lowest BCUT2D eigenvalue weighted by Gasteiger charge is -1.87. The number of hydrazine groups is 1. The van der Waals surface area contributed by atoms with Gasteiger partial charge in [-0.15, -0.1) is 5.10 Å². The summed E-state index contributed by atoms with van der Waals surface area (Å²) >= 11 is 2.10. The number of anilines is 1. The van der Waals surface area contributed by atoms with E-state index < -0.39 is 0 Å². The van der Waals surface area contributed by atoms with Crippen LogP contribution >= 0.6 is 22.9 Å². The molecule has 6 nitrogen and oxygen atoms in total. The van der Waals surface area contributed by atoms with Gasteiger partial charge in [-0.2, -0.15) is 0 Å². The summed E-state index contributed by atoms with van der Waals surface area (Å²) in [7, 11) is 0. The van der Waals surface area contributed by atoms with Crippen LogP contribution in [0.25, 0.3) is 10.9 Å². The van der Waals surface area contributed by atoms with E-state index in [-0.39, 0.29) is 5.48 Å². The van der Waals surface area contributed by atoms with E-state index in [0.29, 0.717) is 5.82 Å². The van der Waals surface area contributed by atoms with Gasteiger partial charge in [0.1, 0.15) is 0 Å². The number of nitrogens with two attached hydrogens (primary N) is 3. The monoisotopic (exact) mass is 309 g/mol. The van der Waals surface area contributed by atoms with Crippen molar-refractivity contribution in [1.29, 1.82) is 0 Å². The third-order valence-electron chi connectivity index (χ3n) is 1.57. The van der Waals surface area contributed by atoms with Crippen LogP contribution in [0, 0.1) is 0 Å². The fraction of sp³-hybridized carbons (Fsp3) is 0. The molecule has 7 heteroatoms. The first-order chi connectivity index (χ1) is 6.29. The fourth-order valence-corrected chi connectivity index (χ4v) is 1.71. The van der Waals surface area contributed by atoms with Crippen LogP contribution in [-0.2, 0) is 0 Å². The Balaban J connectivity index is 0.000000531. The topological polar surface area (TPSA) is 127 Å². The Morgan fingerprint density at radius 1 is 1.21 bits per heavy atom. The van der Waals surface area contributed by atoms with Gasteiger partial charge in [0.05, 0.1) is 28.4 Å². The Bertz CT molecular complexity index is 366. The van der Waals surface area contributed by atoms with Crippen LogP contribution in [0.3, 0.4) is 0 Å². The molecule has 78 valence electrons. The van der Waals surface area contributed by atoms with Crippen LogP contribution in [0.1, 0.15) is 0 Å². The van der Waals surface area contributed by atoms with Crippen molar-refractivity contribution in [3.8, 4) is 0 Å². The molecule has 0 aliphatic rings. The minimum absolute atomic E-state index is 0. The minimum atomic E-state index is 0. The maximum absolute atomic E-state index is 5.64. The van der Waals surface area contributed by atoms with Crippen molar-refractivity contribution in [2.45, 2.75) is 0 Å². The molecule has 0 fully saturated rings. The Morgan fingerprint density at radius 2 is 1.79 bits per heavy atom. The van der Waals surface area contributed by atoms with Gasteiger partial charge in [-0.25, -0.2) is 2.90 Å². The van der Waals surface area contributed by atoms with Gasteiger partial charge < -0.3 is 11.2 Å². The molecule has 0 saturated carbocycles. The number of hydrogen-bond acceptors (Lipinski definition) is 4. The predicted molar refractivity (Wildman–Crippen MR) is 65.6 cm³/mol. The van der Waals surface area contributed by atoms with Crippen molar-refractivity contribution in [1.82, 2.24) is 7.99 Å². The van der Waals surface area contributed by atoms with E-state index in [1.165, 1.54) is 0 Å². The summed E-state index contributed by atoms with van der Waals surface area (Å²) in [6, 6.07) is 7.88. The fourth-order valence-electron chi connectivity index (χ4n) is 1.05. The number of hydrogen-bond donors (Lipinski definition) is 3. The molecule has 0 amide bonds. The van der Waals surface area contributed by atoms with Gasteiger partial charge in [-0.3, -0.25) is 11.7 Å². The molecule has 14 heavy (non-hydrogen) atoms. The summed E-state index contributed by atoms with van der Waals surface area (Å²) in [5, 5.41) is 5.09. The molecule has 2 rings (SSSR count). The molecule has 0 aliphatic heterocycles. The molecule has 0 aliphatic carbocycles. The number of benzene rings is 1. The summed E-state index contributed by atoms with van der Waals surface area (Å²) in [5.74, 6) is 8.59. The van der Waals surface area contributed by atoms with Gasteiger partial charge in [-0.05, 0) is 12.1 Å². The van der Waals surface area contributed by atoms with Crippen molar-refractivity contribution in [3.63, 3.8) is 0 Å². The van der Waals surface area contributed by atoms with E-state index in [2.05, 4.69) is 39.6 Å². The number of aromatic nitrogens is 2. The summed E-state index contributed by atoms with van der Waals surface area (Å²) in [6.07, 6.45) is 0. The maximum atomic E-state index is 5.64. The van der Waals surface area contributed by atoms with Crippen molar-refractivity contribution < 1.29 is 5.48 Å². The number of para-hydroxylation sites is 1. The molecule has 0 unspecified atom stereocenters. The highest BCUT2D eigenvalue weighted by molar-refractivity contribution is 14.1. The second kappa shape index (κ2) is 5.75. The molecular formula is C7H12IN5O. The van der Waals surface area contributed by atoms with Crippen molar-refractivity contribution >= 4 is 39.6 Å². The van der Waals surface area contributed by atoms with Gasteiger partial charge in [0.2, 0.25) is 0 Å². The van der Waals surface area contributed by atoms with E-state index in [0.717, 1.165) is 10.9 Å². The van der Waals surface area contributed by atoms with Crippen LogP contribution in [0.4, 0.5) is 5.82 Å². The van der Waals surface area contributed by atoms with E-state index >= 15 is 0 Å². The van der Waals surface area contributed by atoms with E-state index in [4.69, 9.17) is 5.73 Å². The zero-order valence-electron chi connectivity index (χ0n) is 7.31. The molecule has 8 N–H and O–H groups in total. The normalized spacial score (nSPS) is 8.79. The van der Waals surface area contributed by atoms with Crippen LogP contribution in [0.15, 0.2) is 24.3 Å². The molecule has 0 bridgehead atoms. The second-order valence-electron chi connectivity index (χ2n) is 2.26. The Hall–Kier alpha value is -0.900. The number of rotatable bonds is 0. The summed E-state index contributed by atoms with van der Waals surface area (Å²) < 4.78 is 1.75. The molecule has 1 aromatic carbocycles. The summed E-state index contributed by atoms with van der Waals surface area (Å²) in [5.41, 5.74) is 6.70. The quantitative estimate of drug-likeness (QED) is 0.354. The van der Waals surface area contributed by atoms with Crippen LogP contribution in [-0.4, -0.2) is 13.5 Å². The second-order valence-corrected chi connectivity index (χ2v) is 3.18. The zero-order valence-corrected chi connectivity index (χ0v) is 9.47. The molecule has 1 aromatic heterocycles. The predicted octanol–water partition coefficient (Wildman–Crippen LogP) is -0.189. The first-order valence-electron chi connectivity index (χ1n) is 3.52. The smallest absolute Gasteiger partial charge is 0.154 e. The van der Waals surface area contributed by atoms with Gasteiger partial charge >= 0.3 is 0 Å². The van der Waals surface area contributed by atoms with Crippen LogP contribution in [0.2, 0.25) is 0 Å². The zero-order chi connectivity index (χ0) is 9.84. The number of nitrogens with zero attached hydrogens (tertiary/aromatic N) is 2. The standard InChI is InChI=1S/C7H6IN3.H4N2.H2O/c8-11-6-4-2-1-3-5(6)7(9)10-11;1-2;/h1-4H,(H2,9,10);1-2H2;1H2. The van der Waals surface area contributed by atoms with Crippen LogP contribution < -0.4 is 17.4 Å². The lowest BCUT2D eigenvalue weighted by molar-refractivity contribution is 0.824. The first kappa shape index (κ1) is 13.1. The van der Waals surface area contributed by atoms with Crippen LogP contribution in [0.5, 0.6) is 0 Å². The van der Waals surface area contributed by atoms with Crippen molar-refractivity contribution in [2.75, 3.05) is 5.73 Å². The lowest BCUT2D eigenvalue weighted by Crippen LogP contribution is -2.02. The Kier molecular flexibility index (Phi) is 5.38. The molecule has 0 saturated heterocycles. The average molecular weight is 309 g/mol. The Morgan fingerprint density at radius 3 is 2.36 bits per heavy atom. The van der Waals surface area contributed by atoms with E-state index in [1.54, 1.807) is 2.90 Å². The maximum Gasteiger partial charge on any atom is 0.154 e. The molecule has 2 aromatic rings. The van der Waals surface area contributed by atoms with Gasteiger partial charge in [-0.1, -0.05) is 12.1 Å². The molecule has 0 radical (unpaired) electrons. The highest BCUT2D eigenvalue weighted by atomic mass is 127. The average Bonchev–Trinajstić information content (AvgIpc) is 2.47. The number of nitrogen functional groups attached to an aromatic ring is 1. The lowest BCUT2D eigenvalue weighted by atomic mass is 10.2. The number of fused-ring (bicyclic) bond motifs is 1. The van der Waals surface area contributed by atoms with Gasteiger partial charge in [0.15, 0.2) is 5.82 Å². The third kappa shape index (κ3) is 2.32. The largest absolute Gasteiger partial charge is 0.412 e. The molecule has 0 spiro atoms. The van der Waals surface area contributed by atoms with Gasteiger partial charge in [0.25, 0.3) is 0 Å². The minimum Gasteiger partial charge on any atom is -0.412 e. The van der Waals surface area contributed by atoms with Gasteiger partial charge in [0, 0.05) is 5.39 Å². The van der Waals surface area contributed by atoms with Crippen molar-refractivity contribution in [2.24, 2.45) is 11.7 Å². The summed E-state index contributed by atoms with van der Waals surface area (Å²) in [6.45, 7) is 0. The van der Waals surface area contributed by atoms with E-state index in [9.17, 15) is 0 Å². The highest BCUT2D eigenvalue weighted by Crippen LogP contribution is 2.20. The highest BCUT2D eigenvalue weighted by Gasteiger charge is 2.02. The van der Waals surface area contributed by atoms with Crippen molar-refractivity contribution in [3.05, 3.63) is 24.3 Å². The number of halogens is 1. The molecule has 1 heterocycles. The summed E-state index contributed by atoms with van der Waals surface area (Å²) in [4.78, 5) is 0. The Labute approximate surface area is 94.8 Å². The molecule has 0 atom stereocenters.